The summed E-state index contributed by atoms with van der Waals surface area (Å²) in [6.07, 6.45) is -1.49. The second-order valence-electron chi connectivity index (χ2n) is 3.83. The number of hydrogen-bond acceptors (Lipinski definition) is 4. The van der Waals surface area contributed by atoms with Crippen LogP contribution in [0, 0.1) is 0 Å². The van der Waals surface area contributed by atoms with E-state index in [-0.39, 0.29) is 11.3 Å². The molecule has 0 radical (unpaired) electrons. The van der Waals surface area contributed by atoms with Gasteiger partial charge >= 0.3 is 5.97 Å². The number of fused-ring (bicyclic) bond motifs is 1. The van der Waals surface area contributed by atoms with Gasteiger partial charge in [0.2, 0.25) is 0 Å². The smallest absolute Gasteiger partial charge is 0.339 e. The van der Waals surface area contributed by atoms with Gasteiger partial charge in [-0.2, -0.15) is 0 Å². The number of aliphatic hydroxyl groups excluding tert-OH is 1. The molecule has 0 fully saturated rings. The van der Waals surface area contributed by atoms with E-state index in [4.69, 9.17) is 0 Å². The Bertz CT molecular complexity index is 609. The van der Waals surface area contributed by atoms with Crippen molar-refractivity contribution in [3.63, 3.8) is 0 Å². The number of ether oxygens (including phenoxy) is 1. The summed E-state index contributed by atoms with van der Waals surface area (Å²) >= 11 is 3.34. The number of rotatable bonds is 2. The molecule has 0 aliphatic heterocycles. The molecule has 0 bridgehead atoms. The third-order valence-electron chi connectivity index (χ3n) is 2.67. The molecular formula is C13H11BrO4. The van der Waals surface area contributed by atoms with Gasteiger partial charge in [0.05, 0.1) is 7.11 Å². The first-order valence-electron chi connectivity index (χ1n) is 5.21. The fourth-order valence-electron chi connectivity index (χ4n) is 1.73. The number of halogens is 1. The molecule has 0 amide bonds. The lowest BCUT2D eigenvalue weighted by molar-refractivity contribution is -0.150. The number of phenolic OH excluding ortho intramolecular Hbond substituents is 1. The highest BCUT2D eigenvalue weighted by Gasteiger charge is 2.21. The largest absolute Gasteiger partial charge is 0.508 e. The predicted octanol–water partition coefficient (Wildman–Crippen LogP) is 2.51. The zero-order chi connectivity index (χ0) is 13.3. The van der Waals surface area contributed by atoms with Gasteiger partial charge in [-0.25, -0.2) is 4.79 Å². The van der Waals surface area contributed by atoms with Gasteiger partial charge in [0.1, 0.15) is 5.75 Å². The van der Waals surface area contributed by atoms with Crippen LogP contribution in [0.15, 0.2) is 34.8 Å². The van der Waals surface area contributed by atoms with Crippen molar-refractivity contribution in [2.45, 2.75) is 6.10 Å². The van der Waals surface area contributed by atoms with Crippen LogP contribution >= 0.6 is 15.9 Å². The third kappa shape index (κ3) is 2.32. The highest BCUT2D eigenvalue weighted by molar-refractivity contribution is 9.10. The van der Waals surface area contributed by atoms with Crippen LogP contribution in [0.1, 0.15) is 11.7 Å². The first-order valence-corrected chi connectivity index (χ1v) is 6.00. The van der Waals surface area contributed by atoms with E-state index in [1.165, 1.54) is 13.2 Å². The number of benzene rings is 2. The molecule has 18 heavy (non-hydrogen) atoms. The molecule has 4 nitrogen and oxygen atoms in total. The van der Waals surface area contributed by atoms with Crippen LogP contribution in [0.5, 0.6) is 5.75 Å². The minimum atomic E-state index is -1.49. The van der Waals surface area contributed by atoms with Crippen molar-refractivity contribution in [2.24, 2.45) is 0 Å². The molecule has 0 heterocycles. The molecule has 0 spiro atoms. The highest BCUT2D eigenvalue weighted by Crippen LogP contribution is 2.31. The van der Waals surface area contributed by atoms with Crippen LogP contribution in [0.4, 0.5) is 0 Å². The van der Waals surface area contributed by atoms with Gasteiger partial charge in [-0.05, 0) is 35.0 Å². The van der Waals surface area contributed by atoms with E-state index in [0.717, 1.165) is 15.2 Å². The lowest BCUT2D eigenvalue weighted by Crippen LogP contribution is -2.13. The molecule has 2 N–H and O–H groups in total. The SMILES string of the molecule is COC(=O)C(O)c1cc2cc(Br)ccc2cc1O. The molecule has 0 aliphatic rings. The third-order valence-corrected chi connectivity index (χ3v) is 3.16. The fourth-order valence-corrected chi connectivity index (χ4v) is 2.11. The number of hydrogen-bond donors (Lipinski definition) is 2. The summed E-state index contributed by atoms with van der Waals surface area (Å²) in [5, 5.41) is 21.2. The first-order chi connectivity index (χ1) is 8.52. The summed E-state index contributed by atoms with van der Waals surface area (Å²) < 4.78 is 5.32. The standard InChI is InChI=1S/C13H11BrO4/c1-18-13(17)12(16)10-5-8-4-9(14)3-2-7(8)6-11(10)15/h2-6,12,15-16H,1H3. The molecule has 94 valence electrons. The predicted molar refractivity (Wildman–Crippen MR) is 70.3 cm³/mol. The van der Waals surface area contributed by atoms with Crippen LogP contribution < -0.4 is 0 Å². The molecule has 0 aliphatic carbocycles. The molecule has 1 unspecified atom stereocenters. The number of aromatic hydroxyl groups is 1. The van der Waals surface area contributed by atoms with Crippen LogP contribution in [-0.4, -0.2) is 23.3 Å². The van der Waals surface area contributed by atoms with Crippen molar-refractivity contribution >= 4 is 32.7 Å². The quantitative estimate of drug-likeness (QED) is 0.836. The normalized spacial score (nSPS) is 12.4. The van der Waals surface area contributed by atoms with Crippen molar-refractivity contribution in [1.29, 1.82) is 0 Å². The van der Waals surface area contributed by atoms with Gasteiger partial charge in [-0.15, -0.1) is 0 Å². The van der Waals surface area contributed by atoms with E-state index < -0.39 is 12.1 Å². The van der Waals surface area contributed by atoms with E-state index in [9.17, 15) is 15.0 Å². The summed E-state index contributed by atoms with van der Waals surface area (Å²) in [7, 11) is 1.18. The zero-order valence-corrected chi connectivity index (χ0v) is 11.1. The molecule has 2 rings (SSSR count). The monoisotopic (exact) mass is 310 g/mol. The molecule has 0 saturated carbocycles. The number of phenols is 1. The number of aliphatic hydroxyl groups is 1. The van der Waals surface area contributed by atoms with Gasteiger partial charge in [0.25, 0.3) is 0 Å². The average molecular weight is 311 g/mol. The highest BCUT2D eigenvalue weighted by atomic mass is 79.9. The molecule has 5 heteroatoms. The summed E-state index contributed by atoms with van der Waals surface area (Å²) in [6, 6.07) is 8.58. The Kier molecular flexibility index (Phi) is 3.54. The summed E-state index contributed by atoms with van der Waals surface area (Å²) in [4.78, 5) is 11.3. The molecule has 0 aromatic heterocycles. The number of carbonyl (C=O) groups excluding carboxylic acids is 1. The second-order valence-corrected chi connectivity index (χ2v) is 4.74. The van der Waals surface area contributed by atoms with E-state index in [2.05, 4.69) is 20.7 Å². The number of esters is 1. The van der Waals surface area contributed by atoms with Crippen molar-refractivity contribution < 1.29 is 19.7 Å². The average Bonchev–Trinajstić information content (AvgIpc) is 2.36. The zero-order valence-electron chi connectivity index (χ0n) is 9.55. The van der Waals surface area contributed by atoms with Crippen molar-refractivity contribution in [1.82, 2.24) is 0 Å². The number of carbonyl (C=O) groups is 1. The lowest BCUT2D eigenvalue weighted by Gasteiger charge is -2.12. The molecule has 1 atom stereocenters. The van der Waals surface area contributed by atoms with E-state index in [1.54, 1.807) is 6.07 Å². The maximum absolute atomic E-state index is 11.3. The Hall–Kier alpha value is -1.59. The summed E-state index contributed by atoms with van der Waals surface area (Å²) in [6.45, 7) is 0. The fraction of sp³-hybridized carbons (Fsp3) is 0.154. The minimum Gasteiger partial charge on any atom is -0.508 e. The van der Waals surface area contributed by atoms with Crippen LogP contribution in [0.2, 0.25) is 0 Å². The Labute approximate surface area is 112 Å². The topological polar surface area (TPSA) is 66.8 Å². The van der Waals surface area contributed by atoms with E-state index in [1.807, 2.05) is 18.2 Å². The van der Waals surface area contributed by atoms with Gasteiger partial charge in [0, 0.05) is 10.0 Å². The maximum Gasteiger partial charge on any atom is 0.339 e. The van der Waals surface area contributed by atoms with Gasteiger partial charge in [-0.1, -0.05) is 22.0 Å². The molecule has 2 aromatic rings. The van der Waals surface area contributed by atoms with Crippen molar-refractivity contribution in [2.75, 3.05) is 7.11 Å². The van der Waals surface area contributed by atoms with Crippen LogP contribution in [-0.2, 0) is 9.53 Å². The minimum absolute atomic E-state index is 0.132. The molecule has 2 aromatic carbocycles. The Morgan fingerprint density at radius 3 is 2.67 bits per heavy atom. The Balaban J connectivity index is 2.57. The van der Waals surface area contributed by atoms with E-state index >= 15 is 0 Å². The van der Waals surface area contributed by atoms with Crippen molar-refractivity contribution in [3.8, 4) is 5.75 Å². The molecule has 0 saturated heterocycles. The Morgan fingerprint density at radius 1 is 1.28 bits per heavy atom. The van der Waals surface area contributed by atoms with Crippen LogP contribution in [0.3, 0.4) is 0 Å². The molecular weight excluding hydrogens is 300 g/mol. The first kappa shape index (κ1) is 12.9. The number of methoxy groups -OCH3 is 1. The van der Waals surface area contributed by atoms with Crippen LogP contribution in [0.25, 0.3) is 10.8 Å². The van der Waals surface area contributed by atoms with Crippen molar-refractivity contribution in [3.05, 3.63) is 40.4 Å². The van der Waals surface area contributed by atoms with Gasteiger partial charge < -0.3 is 14.9 Å². The summed E-state index contributed by atoms with van der Waals surface area (Å²) in [5.74, 6) is -0.942. The summed E-state index contributed by atoms with van der Waals surface area (Å²) in [5.41, 5.74) is 0.132. The van der Waals surface area contributed by atoms with E-state index in [0.29, 0.717) is 0 Å². The Morgan fingerprint density at radius 2 is 2.00 bits per heavy atom. The maximum atomic E-state index is 11.3. The second kappa shape index (κ2) is 4.96. The van der Waals surface area contributed by atoms with Gasteiger partial charge in [0.15, 0.2) is 6.10 Å². The lowest BCUT2D eigenvalue weighted by atomic mass is 10.0. The van der Waals surface area contributed by atoms with Gasteiger partial charge in [-0.3, -0.25) is 0 Å².